The summed E-state index contributed by atoms with van der Waals surface area (Å²) in [6.07, 6.45) is 0.734. The van der Waals surface area contributed by atoms with Crippen LogP contribution in [0.15, 0.2) is 29.8 Å². The van der Waals surface area contributed by atoms with Gasteiger partial charge in [0.15, 0.2) is 0 Å². The second kappa shape index (κ2) is 5.66. The van der Waals surface area contributed by atoms with Gasteiger partial charge in [0.2, 0.25) is 0 Å². The standard InChI is InChI=1S/C13H15NO4/c15-7-11(16)8-18-13(17)10-5-9-3-1-2-4-12(9)14-6-10/h1-5,11,14-16H,6-8H2. The normalized spacial score (nSPS) is 15.1. The Balaban J connectivity index is 2.02. The lowest BCUT2D eigenvalue weighted by molar-refractivity contribution is -0.142. The molecule has 1 heterocycles. The first-order chi connectivity index (χ1) is 8.70. The smallest absolute Gasteiger partial charge is 0.335 e. The summed E-state index contributed by atoms with van der Waals surface area (Å²) in [6, 6.07) is 7.64. The maximum Gasteiger partial charge on any atom is 0.335 e. The molecule has 1 atom stereocenters. The highest BCUT2D eigenvalue weighted by molar-refractivity contribution is 5.97. The van der Waals surface area contributed by atoms with Crippen LogP contribution in [0.25, 0.3) is 6.08 Å². The molecule has 5 heteroatoms. The number of anilines is 1. The number of para-hydroxylation sites is 1. The number of benzene rings is 1. The molecule has 5 nitrogen and oxygen atoms in total. The number of carbonyl (C=O) groups excluding carboxylic acids is 1. The Kier molecular flexibility index (Phi) is 3.96. The summed E-state index contributed by atoms with van der Waals surface area (Å²) < 4.78 is 4.89. The van der Waals surface area contributed by atoms with Crippen molar-refractivity contribution >= 4 is 17.7 Å². The number of rotatable bonds is 4. The van der Waals surface area contributed by atoms with Crippen LogP contribution < -0.4 is 5.32 Å². The number of fused-ring (bicyclic) bond motifs is 1. The number of aliphatic hydroxyl groups excluding tert-OH is 2. The highest BCUT2D eigenvalue weighted by Crippen LogP contribution is 2.23. The van der Waals surface area contributed by atoms with E-state index in [0.717, 1.165) is 11.3 Å². The lowest BCUT2D eigenvalue weighted by Crippen LogP contribution is -2.25. The third-order valence-corrected chi connectivity index (χ3v) is 2.64. The molecule has 0 aliphatic carbocycles. The summed E-state index contributed by atoms with van der Waals surface area (Å²) in [5.74, 6) is -0.482. The number of hydrogen-bond acceptors (Lipinski definition) is 5. The van der Waals surface area contributed by atoms with E-state index in [1.165, 1.54) is 0 Å². The molecule has 0 aromatic heterocycles. The molecule has 18 heavy (non-hydrogen) atoms. The summed E-state index contributed by atoms with van der Waals surface area (Å²) >= 11 is 0. The van der Waals surface area contributed by atoms with Crippen molar-refractivity contribution in [1.29, 1.82) is 0 Å². The molecule has 0 radical (unpaired) electrons. The van der Waals surface area contributed by atoms with E-state index in [-0.39, 0.29) is 6.61 Å². The lowest BCUT2D eigenvalue weighted by atomic mass is 10.0. The highest BCUT2D eigenvalue weighted by atomic mass is 16.5. The fraction of sp³-hybridized carbons (Fsp3) is 0.308. The Morgan fingerprint density at radius 1 is 1.44 bits per heavy atom. The zero-order valence-electron chi connectivity index (χ0n) is 9.80. The van der Waals surface area contributed by atoms with Gasteiger partial charge in [-0.25, -0.2) is 4.79 Å². The van der Waals surface area contributed by atoms with Crippen LogP contribution in [-0.2, 0) is 9.53 Å². The van der Waals surface area contributed by atoms with Crippen LogP contribution in [0.4, 0.5) is 5.69 Å². The first-order valence-corrected chi connectivity index (χ1v) is 5.70. The van der Waals surface area contributed by atoms with Crippen molar-refractivity contribution in [3.05, 3.63) is 35.4 Å². The summed E-state index contributed by atoms with van der Waals surface area (Å²) in [5.41, 5.74) is 2.40. The molecule has 2 rings (SSSR count). The average molecular weight is 249 g/mol. The minimum absolute atomic E-state index is 0.200. The Morgan fingerprint density at radius 3 is 3.00 bits per heavy atom. The van der Waals surface area contributed by atoms with E-state index >= 15 is 0 Å². The maximum absolute atomic E-state index is 11.7. The molecular formula is C13H15NO4. The monoisotopic (exact) mass is 249 g/mol. The topological polar surface area (TPSA) is 78.8 Å². The molecule has 0 saturated heterocycles. The molecule has 0 spiro atoms. The second-order valence-electron chi connectivity index (χ2n) is 4.05. The Morgan fingerprint density at radius 2 is 2.22 bits per heavy atom. The summed E-state index contributed by atoms with van der Waals surface area (Å²) in [5, 5.41) is 20.8. The van der Waals surface area contributed by atoms with E-state index in [9.17, 15) is 4.79 Å². The SMILES string of the molecule is O=C(OCC(O)CO)C1=Cc2ccccc2NC1. The Labute approximate surface area is 105 Å². The van der Waals surface area contributed by atoms with Gasteiger partial charge < -0.3 is 20.3 Å². The van der Waals surface area contributed by atoms with Gasteiger partial charge in [0, 0.05) is 12.2 Å². The van der Waals surface area contributed by atoms with Gasteiger partial charge in [-0.2, -0.15) is 0 Å². The predicted octanol–water partition coefficient (Wildman–Crippen LogP) is 0.392. The molecule has 0 amide bonds. The van der Waals surface area contributed by atoms with Crippen molar-refractivity contribution < 1.29 is 19.7 Å². The van der Waals surface area contributed by atoms with Crippen molar-refractivity contribution in [3.8, 4) is 0 Å². The molecule has 3 N–H and O–H groups in total. The third-order valence-electron chi connectivity index (χ3n) is 2.64. The lowest BCUT2D eigenvalue weighted by Gasteiger charge is -2.18. The van der Waals surface area contributed by atoms with E-state index in [1.807, 2.05) is 24.3 Å². The highest BCUT2D eigenvalue weighted by Gasteiger charge is 2.17. The zero-order valence-corrected chi connectivity index (χ0v) is 9.80. The van der Waals surface area contributed by atoms with Crippen molar-refractivity contribution in [2.45, 2.75) is 6.10 Å². The number of aliphatic hydroxyl groups is 2. The van der Waals surface area contributed by atoms with Crippen LogP contribution in [0, 0.1) is 0 Å². The predicted molar refractivity (Wildman–Crippen MR) is 67.0 cm³/mol. The largest absolute Gasteiger partial charge is 0.459 e. The summed E-state index contributed by atoms with van der Waals surface area (Å²) in [4.78, 5) is 11.7. The number of nitrogens with one attached hydrogen (secondary N) is 1. The van der Waals surface area contributed by atoms with Gasteiger partial charge in [-0.15, -0.1) is 0 Å². The van der Waals surface area contributed by atoms with E-state index in [0.29, 0.717) is 12.1 Å². The van der Waals surface area contributed by atoms with Crippen LogP contribution in [0.5, 0.6) is 0 Å². The Bertz CT molecular complexity index is 470. The number of esters is 1. The van der Waals surface area contributed by atoms with Gasteiger partial charge in [0.05, 0.1) is 12.2 Å². The first-order valence-electron chi connectivity index (χ1n) is 5.70. The Hall–Kier alpha value is -1.85. The fourth-order valence-electron chi connectivity index (χ4n) is 1.66. The molecule has 1 aromatic carbocycles. The molecule has 0 saturated carbocycles. The zero-order chi connectivity index (χ0) is 13.0. The van der Waals surface area contributed by atoms with Crippen LogP contribution >= 0.6 is 0 Å². The summed E-state index contributed by atoms with van der Waals surface area (Å²) in [6.45, 7) is -0.229. The minimum atomic E-state index is -1.03. The van der Waals surface area contributed by atoms with E-state index in [1.54, 1.807) is 6.08 Å². The molecule has 1 aliphatic heterocycles. The van der Waals surface area contributed by atoms with Crippen molar-refractivity contribution in [2.75, 3.05) is 25.1 Å². The van der Waals surface area contributed by atoms with Crippen molar-refractivity contribution in [2.24, 2.45) is 0 Å². The first kappa shape index (κ1) is 12.6. The van der Waals surface area contributed by atoms with Crippen LogP contribution in [0.2, 0.25) is 0 Å². The van der Waals surface area contributed by atoms with Gasteiger partial charge in [-0.3, -0.25) is 0 Å². The molecular weight excluding hydrogens is 234 g/mol. The number of hydrogen-bond donors (Lipinski definition) is 3. The molecule has 0 fully saturated rings. The van der Waals surface area contributed by atoms with Crippen LogP contribution in [-0.4, -0.2) is 42.0 Å². The maximum atomic E-state index is 11.7. The van der Waals surface area contributed by atoms with E-state index < -0.39 is 18.7 Å². The minimum Gasteiger partial charge on any atom is -0.459 e. The third kappa shape index (κ3) is 2.88. The molecule has 96 valence electrons. The van der Waals surface area contributed by atoms with Crippen molar-refractivity contribution in [1.82, 2.24) is 0 Å². The van der Waals surface area contributed by atoms with Crippen molar-refractivity contribution in [3.63, 3.8) is 0 Å². The summed E-state index contributed by atoms with van der Waals surface area (Å²) in [7, 11) is 0. The van der Waals surface area contributed by atoms with Crippen LogP contribution in [0.1, 0.15) is 5.56 Å². The molecule has 1 aromatic rings. The fourth-order valence-corrected chi connectivity index (χ4v) is 1.66. The van der Waals surface area contributed by atoms with E-state index in [4.69, 9.17) is 14.9 Å². The van der Waals surface area contributed by atoms with Gasteiger partial charge >= 0.3 is 5.97 Å². The number of ether oxygens (including phenoxy) is 1. The molecule has 1 aliphatic rings. The molecule has 0 bridgehead atoms. The van der Waals surface area contributed by atoms with Gasteiger partial charge in [0.25, 0.3) is 0 Å². The molecule has 1 unspecified atom stereocenters. The second-order valence-corrected chi connectivity index (χ2v) is 4.05. The van der Waals surface area contributed by atoms with Gasteiger partial charge in [0.1, 0.15) is 12.7 Å². The number of carbonyl (C=O) groups is 1. The van der Waals surface area contributed by atoms with Gasteiger partial charge in [-0.1, -0.05) is 18.2 Å². The van der Waals surface area contributed by atoms with Crippen LogP contribution in [0.3, 0.4) is 0 Å². The average Bonchev–Trinajstić information content (AvgIpc) is 2.43. The van der Waals surface area contributed by atoms with E-state index in [2.05, 4.69) is 5.32 Å². The van der Waals surface area contributed by atoms with Gasteiger partial charge in [-0.05, 0) is 17.7 Å². The quantitative estimate of drug-likeness (QED) is 0.673.